The lowest BCUT2D eigenvalue weighted by molar-refractivity contribution is 0.0690. The fourth-order valence-corrected chi connectivity index (χ4v) is 2.04. The summed E-state index contributed by atoms with van der Waals surface area (Å²) in [5.41, 5.74) is 0.169. The molecule has 6 heteroatoms. The third-order valence-electron chi connectivity index (χ3n) is 3.27. The average Bonchev–Trinajstić information content (AvgIpc) is 2.92. The van der Waals surface area contributed by atoms with Gasteiger partial charge in [0.25, 0.3) is 5.91 Å². The van der Waals surface area contributed by atoms with Crippen LogP contribution in [0.25, 0.3) is 0 Å². The molecular weight excluding hydrogens is 248 g/mol. The highest BCUT2D eigenvalue weighted by molar-refractivity contribution is 5.96. The van der Waals surface area contributed by atoms with Crippen LogP contribution in [0.4, 0.5) is 0 Å². The maximum Gasteiger partial charge on any atom is 0.354 e. The lowest BCUT2D eigenvalue weighted by atomic mass is 10.0. The highest BCUT2D eigenvalue weighted by Gasteiger charge is 2.24. The molecule has 1 aromatic rings. The molecule has 1 amide bonds. The number of pyridine rings is 1. The minimum absolute atomic E-state index is 0.00329. The number of aromatic nitrogens is 1. The van der Waals surface area contributed by atoms with Crippen LogP contribution in [0.2, 0.25) is 0 Å². The van der Waals surface area contributed by atoms with E-state index in [1.54, 1.807) is 0 Å². The highest BCUT2D eigenvalue weighted by atomic mass is 16.5. The molecule has 0 spiro atoms. The Labute approximate surface area is 110 Å². The summed E-state index contributed by atoms with van der Waals surface area (Å²) in [5, 5.41) is 11.7. The number of nitrogens with zero attached hydrogens (tertiary/aromatic N) is 1. The van der Waals surface area contributed by atoms with Gasteiger partial charge < -0.3 is 15.2 Å². The summed E-state index contributed by atoms with van der Waals surface area (Å²) >= 11 is 0. The summed E-state index contributed by atoms with van der Waals surface area (Å²) < 4.78 is 5.28. The molecule has 2 atom stereocenters. The Kier molecular flexibility index (Phi) is 4.11. The number of nitrogens with one attached hydrogen (secondary N) is 1. The van der Waals surface area contributed by atoms with Crippen LogP contribution in [0.1, 0.15) is 34.2 Å². The summed E-state index contributed by atoms with van der Waals surface area (Å²) in [6, 6.07) is 2.77. The summed E-state index contributed by atoms with van der Waals surface area (Å²) in [5.74, 6) is -1.12. The van der Waals surface area contributed by atoms with Gasteiger partial charge in [0.05, 0.1) is 6.61 Å². The van der Waals surface area contributed by atoms with E-state index in [2.05, 4.69) is 10.3 Å². The molecule has 1 fully saturated rings. The van der Waals surface area contributed by atoms with Gasteiger partial charge in [0.1, 0.15) is 5.69 Å². The summed E-state index contributed by atoms with van der Waals surface area (Å²) in [4.78, 5) is 26.5. The van der Waals surface area contributed by atoms with Gasteiger partial charge in [-0.05, 0) is 25.5 Å². The van der Waals surface area contributed by atoms with Gasteiger partial charge in [-0.15, -0.1) is 0 Å². The van der Waals surface area contributed by atoms with E-state index in [0.29, 0.717) is 18.1 Å². The van der Waals surface area contributed by atoms with Crippen molar-refractivity contribution in [3.05, 3.63) is 29.6 Å². The topological polar surface area (TPSA) is 88.5 Å². The van der Waals surface area contributed by atoms with Crippen LogP contribution in [0.3, 0.4) is 0 Å². The number of hydrogen-bond donors (Lipinski definition) is 2. The lowest BCUT2D eigenvalue weighted by Gasteiger charge is -2.19. The van der Waals surface area contributed by atoms with Crippen LogP contribution in [0.5, 0.6) is 0 Å². The normalized spacial score (nSPS) is 19.9. The number of hydrogen-bond acceptors (Lipinski definition) is 4. The van der Waals surface area contributed by atoms with Crippen molar-refractivity contribution < 1.29 is 19.4 Å². The minimum atomic E-state index is -1.15. The molecule has 2 N–H and O–H groups in total. The van der Waals surface area contributed by atoms with E-state index in [0.717, 1.165) is 13.0 Å². The first-order chi connectivity index (χ1) is 9.08. The first-order valence-electron chi connectivity index (χ1n) is 6.16. The number of aromatic carboxylic acids is 1. The number of amides is 1. The Morgan fingerprint density at radius 1 is 1.58 bits per heavy atom. The number of carbonyl (C=O) groups is 2. The van der Waals surface area contributed by atoms with E-state index in [-0.39, 0.29) is 17.6 Å². The van der Waals surface area contributed by atoms with Crippen molar-refractivity contribution in [3.63, 3.8) is 0 Å². The van der Waals surface area contributed by atoms with Crippen molar-refractivity contribution in [2.75, 3.05) is 13.2 Å². The van der Waals surface area contributed by atoms with Gasteiger partial charge in [0, 0.05) is 30.3 Å². The number of ether oxygens (including phenoxy) is 1. The van der Waals surface area contributed by atoms with Gasteiger partial charge in [-0.1, -0.05) is 0 Å². The Morgan fingerprint density at radius 3 is 3.00 bits per heavy atom. The number of carboxylic acid groups (broad SMARTS) is 1. The Morgan fingerprint density at radius 2 is 2.37 bits per heavy atom. The third-order valence-corrected chi connectivity index (χ3v) is 3.27. The molecule has 0 radical (unpaired) electrons. The predicted molar refractivity (Wildman–Crippen MR) is 67.1 cm³/mol. The van der Waals surface area contributed by atoms with E-state index in [4.69, 9.17) is 9.84 Å². The van der Waals surface area contributed by atoms with E-state index in [9.17, 15) is 9.59 Å². The standard InChI is InChI=1S/C13H16N2O4/c1-8(10-3-5-19-7-10)15-12(16)9-2-4-14-11(6-9)13(17)18/h2,4,6,8,10H,3,5,7H2,1H3,(H,15,16)(H,17,18). The van der Waals surface area contributed by atoms with Crippen LogP contribution in [-0.2, 0) is 4.74 Å². The average molecular weight is 264 g/mol. The number of rotatable bonds is 4. The van der Waals surface area contributed by atoms with Crippen molar-refractivity contribution >= 4 is 11.9 Å². The van der Waals surface area contributed by atoms with Crippen molar-refractivity contribution in [2.24, 2.45) is 5.92 Å². The molecule has 102 valence electrons. The highest BCUT2D eigenvalue weighted by Crippen LogP contribution is 2.16. The summed E-state index contributed by atoms with van der Waals surface area (Å²) in [7, 11) is 0. The Bertz CT molecular complexity index is 483. The molecule has 1 aliphatic rings. The maximum absolute atomic E-state index is 12.0. The first kappa shape index (κ1) is 13.5. The predicted octanol–water partition coefficient (Wildman–Crippen LogP) is 0.935. The van der Waals surface area contributed by atoms with Gasteiger partial charge in [-0.2, -0.15) is 0 Å². The van der Waals surface area contributed by atoms with Crippen molar-refractivity contribution in [1.82, 2.24) is 10.3 Å². The molecule has 19 heavy (non-hydrogen) atoms. The number of carbonyl (C=O) groups excluding carboxylic acids is 1. The lowest BCUT2D eigenvalue weighted by Crippen LogP contribution is -2.38. The number of carboxylic acids is 1. The SMILES string of the molecule is CC(NC(=O)c1ccnc(C(=O)O)c1)C1CCOC1. The van der Waals surface area contributed by atoms with Crippen molar-refractivity contribution in [2.45, 2.75) is 19.4 Å². The largest absolute Gasteiger partial charge is 0.477 e. The zero-order chi connectivity index (χ0) is 13.8. The van der Waals surface area contributed by atoms with Gasteiger partial charge in [0.2, 0.25) is 0 Å². The second kappa shape index (κ2) is 5.79. The third kappa shape index (κ3) is 3.29. The maximum atomic E-state index is 12.0. The van der Waals surface area contributed by atoms with E-state index < -0.39 is 5.97 Å². The smallest absolute Gasteiger partial charge is 0.354 e. The molecule has 2 rings (SSSR count). The van der Waals surface area contributed by atoms with E-state index >= 15 is 0 Å². The first-order valence-corrected chi connectivity index (χ1v) is 6.16. The van der Waals surface area contributed by atoms with Crippen LogP contribution in [-0.4, -0.2) is 41.2 Å². The van der Waals surface area contributed by atoms with Crippen molar-refractivity contribution in [3.8, 4) is 0 Å². The van der Waals surface area contributed by atoms with Gasteiger partial charge in [-0.25, -0.2) is 9.78 Å². The van der Waals surface area contributed by atoms with Crippen LogP contribution >= 0.6 is 0 Å². The molecule has 1 saturated heterocycles. The Hall–Kier alpha value is -1.95. The fraction of sp³-hybridized carbons (Fsp3) is 0.462. The second-order valence-corrected chi connectivity index (χ2v) is 4.62. The van der Waals surface area contributed by atoms with E-state index in [1.807, 2.05) is 6.92 Å². The van der Waals surface area contributed by atoms with Gasteiger partial charge in [-0.3, -0.25) is 4.79 Å². The van der Waals surface area contributed by atoms with Crippen molar-refractivity contribution in [1.29, 1.82) is 0 Å². The zero-order valence-electron chi connectivity index (χ0n) is 10.6. The molecule has 1 aliphatic heterocycles. The molecule has 2 heterocycles. The summed E-state index contributed by atoms with van der Waals surface area (Å²) in [6.07, 6.45) is 2.25. The van der Waals surface area contributed by atoms with Crippen LogP contribution in [0.15, 0.2) is 18.3 Å². The van der Waals surface area contributed by atoms with Gasteiger partial charge in [0.15, 0.2) is 0 Å². The molecule has 1 aromatic heterocycles. The Balaban J connectivity index is 2.02. The molecule has 0 aliphatic carbocycles. The van der Waals surface area contributed by atoms with Gasteiger partial charge >= 0.3 is 5.97 Å². The van der Waals surface area contributed by atoms with E-state index in [1.165, 1.54) is 18.3 Å². The monoisotopic (exact) mass is 264 g/mol. The summed E-state index contributed by atoms with van der Waals surface area (Å²) in [6.45, 7) is 3.30. The molecular formula is C13H16N2O4. The second-order valence-electron chi connectivity index (χ2n) is 4.62. The quantitative estimate of drug-likeness (QED) is 0.844. The molecule has 0 bridgehead atoms. The molecule has 0 aromatic carbocycles. The molecule has 0 saturated carbocycles. The zero-order valence-corrected chi connectivity index (χ0v) is 10.6. The van der Waals surface area contributed by atoms with Crippen LogP contribution in [0, 0.1) is 5.92 Å². The fourth-order valence-electron chi connectivity index (χ4n) is 2.04. The molecule has 6 nitrogen and oxygen atoms in total. The molecule has 2 unspecified atom stereocenters. The van der Waals surface area contributed by atoms with Crippen LogP contribution < -0.4 is 5.32 Å². The minimum Gasteiger partial charge on any atom is -0.477 e.